The predicted octanol–water partition coefficient (Wildman–Crippen LogP) is 2.99. The van der Waals surface area contributed by atoms with Gasteiger partial charge < -0.3 is 15.5 Å². The molecule has 0 saturated carbocycles. The van der Waals surface area contributed by atoms with Crippen molar-refractivity contribution in [2.75, 3.05) is 18.5 Å². The van der Waals surface area contributed by atoms with Crippen molar-refractivity contribution in [2.45, 2.75) is 26.7 Å². The van der Waals surface area contributed by atoms with Gasteiger partial charge in [0.05, 0.1) is 0 Å². The Kier molecular flexibility index (Phi) is 8.03. The minimum absolute atomic E-state index is 0.224. The van der Waals surface area contributed by atoms with Gasteiger partial charge in [0.15, 0.2) is 6.61 Å². The average Bonchev–Trinajstić information content (AvgIpc) is 2.65. The van der Waals surface area contributed by atoms with E-state index in [-0.39, 0.29) is 12.5 Å². The van der Waals surface area contributed by atoms with Crippen LogP contribution in [0.25, 0.3) is 0 Å². The lowest BCUT2D eigenvalue weighted by Gasteiger charge is -2.07. The fourth-order valence-corrected chi connectivity index (χ4v) is 2.52. The average molecular weight is 367 g/mol. The molecule has 0 unspecified atom stereocenters. The molecule has 0 spiro atoms. The van der Waals surface area contributed by atoms with Gasteiger partial charge in [0, 0.05) is 12.2 Å². The summed E-state index contributed by atoms with van der Waals surface area (Å²) in [6, 6.07) is 15.8. The molecule has 0 saturated heterocycles. The van der Waals surface area contributed by atoms with Crippen molar-refractivity contribution in [1.82, 2.24) is 5.32 Å². The highest BCUT2D eigenvalue weighted by Gasteiger charge is 2.04. The molecule has 2 N–H and O–H groups in total. The molecule has 0 atom stereocenters. The molecule has 27 heavy (non-hydrogen) atoms. The lowest BCUT2D eigenvalue weighted by molar-refractivity contribution is -0.125. The highest BCUT2D eigenvalue weighted by Crippen LogP contribution is 2.15. The molecule has 0 radical (unpaired) electrons. The highest BCUT2D eigenvalue weighted by atomic mass is 16.6. The summed E-state index contributed by atoms with van der Waals surface area (Å²) in [6.45, 7) is 4.24. The van der Waals surface area contributed by atoms with E-state index < -0.39 is 5.91 Å². The van der Waals surface area contributed by atoms with E-state index in [1.165, 1.54) is 5.56 Å². The summed E-state index contributed by atoms with van der Waals surface area (Å²) in [5.41, 5.74) is 4.04. The van der Waals surface area contributed by atoms with Crippen LogP contribution in [0.4, 0.5) is 5.69 Å². The Morgan fingerprint density at radius 2 is 1.89 bits per heavy atom. The van der Waals surface area contributed by atoms with Crippen LogP contribution in [0, 0.1) is 13.8 Å². The zero-order valence-corrected chi connectivity index (χ0v) is 15.7. The predicted molar refractivity (Wildman–Crippen MR) is 107 cm³/mol. The normalized spacial score (nSPS) is 10.6. The van der Waals surface area contributed by atoms with Crippen LogP contribution in [-0.4, -0.2) is 31.2 Å². The first-order valence-electron chi connectivity index (χ1n) is 8.89. The summed E-state index contributed by atoms with van der Waals surface area (Å²) < 4.78 is 0. The number of hydrogen-bond donors (Lipinski definition) is 2. The van der Waals surface area contributed by atoms with E-state index in [1.807, 2.05) is 50.2 Å². The van der Waals surface area contributed by atoms with Crippen molar-refractivity contribution in [3.63, 3.8) is 0 Å². The number of amides is 2. The van der Waals surface area contributed by atoms with E-state index in [4.69, 9.17) is 4.84 Å². The van der Waals surface area contributed by atoms with Crippen molar-refractivity contribution in [3.8, 4) is 0 Å². The summed E-state index contributed by atoms with van der Waals surface area (Å²) in [4.78, 5) is 28.3. The van der Waals surface area contributed by atoms with Crippen molar-refractivity contribution in [2.24, 2.45) is 5.16 Å². The van der Waals surface area contributed by atoms with E-state index in [1.54, 1.807) is 0 Å². The van der Waals surface area contributed by atoms with Crippen LogP contribution in [-0.2, 0) is 20.8 Å². The molecule has 142 valence electrons. The van der Waals surface area contributed by atoms with Gasteiger partial charge in [-0.1, -0.05) is 53.2 Å². The van der Waals surface area contributed by atoms with Crippen LogP contribution in [0.15, 0.2) is 53.7 Å². The molecule has 2 rings (SSSR count). The fraction of sp³-hybridized carbons (Fsp3) is 0.286. The smallest absolute Gasteiger partial charge is 0.270 e. The summed E-state index contributed by atoms with van der Waals surface area (Å²) >= 11 is 0. The standard InChI is InChI=1S/C21H25N3O3/c1-16-10-11-19(17(2)13-16)24-20(25)14-23-27-15-21(26)22-12-6-9-18-7-4-3-5-8-18/h3-5,7-8,10-11,13-14H,6,9,12,15H2,1-2H3,(H,22,26)(H,24,25)/b23-14-. The molecule has 0 heterocycles. The third-order valence-corrected chi connectivity index (χ3v) is 3.89. The maximum atomic E-state index is 11.8. The van der Waals surface area contributed by atoms with Gasteiger partial charge in [-0.05, 0) is 43.9 Å². The van der Waals surface area contributed by atoms with Gasteiger partial charge in [0.25, 0.3) is 11.8 Å². The fourth-order valence-electron chi connectivity index (χ4n) is 2.52. The lowest BCUT2D eigenvalue weighted by Crippen LogP contribution is -2.28. The van der Waals surface area contributed by atoms with Gasteiger partial charge in [-0.3, -0.25) is 9.59 Å². The first-order valence-corrected chi connectivity index (χ1v) is 8.89. The molecule has 2 aromatic rings. The molecule has 6 heteroatoms. The number of carbonyl (C=O) groups excluding carboxylic acids is 2. The summed E-state index contributed by atoms with van der Waals surface area (Å²) in [7, 11) is 0. The van der Waals surface area contributed by atoms with Crippen molar-refractivity contribution < 1.29 is 14.4 Å². The molecule has 0 bridgehead atoms. The number of nitrogens with zero attached hydrogens (tertiary/aromatic N) is 1. The number of benzene rings is 2. The third-order valence-electron chi connectivity index (χ3n) is 3.89. The molecule has 0 aliphatic carbocycles. The molecule has 0 fully saturated rings. The SMILES string of the molecule is Cc1ccc(NC(=O)/C=N\OCC(=O)NCCCc2ccccc2)c(C)c1. The van der Waals surface area contributed by atoms with E-state index >= 15 is 0 Å². The van der Waals surface area contributed by atoms with Gasteiger partial charge in [-0.15, -0.1) is 0 Å². The summed E-state index contributed by atoms with van der Waals surface area (Å²) in [5, 5.41) is 9.00. The summed E-state index contributed by atoms with van der Waals surface area (Å²) in [6.07, 6.45) is 2.76. The number of rotatable bonds is 9. The Labute approximate surface area is 159 Å². The van der Waals surface area contributed by atoms with Gasteiger partial charge in [-0.2, -0.15) is 0 Å². The monoisotopic (exact) mass is 367 g/mol. The second-order valence-corrected chi connectivity index (χ2v) is 6.25. The second-order valence-electron chi connectivity index (χ2n) is 6.25. The topological polar surface area (TPSA) is 79.8 Å². The minimum atomic E-state index is -0.412. The highest BCUT2D eigenvalue weighted by molar-refractivity contribution is 6.31. The molecule has 0 aliphatic rings. The van der Waals surface area contributed by atoms with Crippen LogP contribution in [0.5, 0.6) is 0 Å². The van der Waals surface area contributed by atoms with Gasteiger partial charge in [0.2, 0.25) is 0 Å². The van der Waals surface area contributed by atoms with Crippen LogP contribution in [0.2, 0.25) is 0 Å². The maximum Gasteiger partial charge on any atom is 0.270 e. The zero-order valence-electron chi connectivity index (χ0n) is 15.7. The third kappa shape index (κ3) is 7.73. The maximum absolute atomic E-state index is 11.8. The van der Waals surface area contributed by atoms with Crippen LogP contribution < -0.4 is 10.6 Å². The lowest BCUT2D eigenvalue weighted by atomic mass is 10.1. The molecular weight excluding hydrogens is 342 g/mol. The van der Waals surface area contributed by atoms with E-state index in [0.717, 1.165) is 30.2 Å². The Bertz CT molecular complexity index is 789. The van der Waals surface area contributed by atoms with Crippen LogP contribution >= 0.6 is 0 Å². The number of anilines is 1. The molecular formula is C21H25N3O3. The molecule has 0 aliphatic heterocycles. The number of oxime groups is 1. The van der Waals surface area contributed by atoms with Crippen molar-refractivity contribution >= 4 is 23.7 Å². The van der Waals surface area contributed by atoms with Crippen LogP contribution in [0.3, 0.4) is 0 Å². The Morgan fingerprint density at radius 3 is 2.63 bits per heavy atom. The molecule has 2 amide bonds. The van der Waals surface area contributed by atoms with Crippen molar-refractivity contribution in [3.05, 3.63) is 65.2 Å². The molecule has 0 aromatic heterocycles. The Balaban J connectivity index is 1.60. The Morgan fingerprint density at radius 1 is 1.11 bits per heavy atom. The van der Waals surface area contributed by atoms with Gasteiger partial charge >= 0.3 is 0 Å². The van der Waals surface area contributed by atoms with E-state index in [2.05, 4.69) is 27.9 Å². The molecule has 2 aromatic carbocycles. The quantitative estimate of drug-likeness (QED) is 0.406. The number of carbonyl (C=O) groups is 2. The largest absolute Gasteiger partial charge is 0.386 e. The van der Waals surface area contributed by atoms with Crippen LogP contribution in [0.1, 0.15) is 23.1 Å². The number of nitrogens with one attached hydrogen (secondary N) is 2. The first-order chi connectivity index (χ1) is 13.0. The van der Waals surface area contributed by atoms with Crippen molar-refractivity contribution in [1.29, 1.82) is 0 Å². The van der Waals surface area contributed by atoms with E-state index in [0.29, 0.717) is 12.2 Å². The number of hydrogen-bond acceptors (Lipinski definition) is 4. The zero-order chi connectivity index (χ0) is 19.5. The number of aryl methyl sites for hydroxylation is 3. The van der Waals surface area contributed by atoms with E-state index in [9.17, 15) is 9.59 Å². The van der Waals surface area contributed by atoms with Gasteiger partial charge in [0.1, 0.15) is 6.21 Å². The minimum Gasteiger partial charge on any atom is -0.386 e. The Hall–Kier alpha value is -3.15. The second kappa shape index (κ2) is 10.8. The van der Waals surface area contributed by atoms with Gasteiger partial charge in [-0.25, -0.2) is 0 Å². The summed E-state index contributed by atoms with van der Waals surface area (Å²) in [5.74, 6) is -0.680. The first kappa shape index (κ1) is 20.2. The molecule has 6 nitrogen and oxygen atoms in total.